The first-order valence-electron chi connectivity index (χ1n) is 14.3. The quantitative estimate of drug-likeness (QED) is 0.318. The number of hydrogen-bond donors (Lipinski definition) is 2. The van der Waals surface area contributed by atoms with Crippen LogP contribution >= 0.6 is 34.8 Å². The van der Waals surface area contributed by atoms with Crippen molar-refractivity contribution in [2.45, 2.75) is 74.6 Å². The van der Waals surface area contributed by atoms with Crippen molar-refractivity contribution < 1.29 is 12.8 Å². The molecule has 41 heavy (non-hydrogen) atoms. The minimum Gasteiger partial charge on any atom is -0.313 e. The molecule has 0 aliphatic heterocycles. The fourth-order valence-electron chi connectivity index (χ4n) is 5.99. The molecule has 3 aliphatic rings. The lowest BCUT2D eigenvalue weighted by Crippen LogP contribution is -2.41. The summed E-state index contributed by atoms with van der Waals surface area (Å²) in [6, 6.07) is 8.58. The number of nitrogens with one attached hydrogen (secondary N) is 2. The van der Waals surface area contributed by atoms with Crippen LogP contribution in [0.15, 0.2) is 71.2 Å². The Hall–Kier alpha value is -1.67. The van der Waals surface area contributed by atoms with Crippen molar-refractivity contribution in [3.05, 3.63) is 98.3 Å². The van der Waals surface area contributed by atoms with Gasteiger partial charge in [0.05, 0.1) is 10.0 Å². The van der Waals surface area contributed by atoms with E-state index in [0.29, 0.717) is 12.0 Å². The molecule has 0 heterocycles. The van der Waals surface area contributed by atoms with Gasteiger partial charge in [-0.2, -0.15) is 0 Å². The Morgan fingerprint density at radius 2 is 1.71 bits per heavy atom. The van der Waals surface area contributed by atoms with E-state index in [4.69, 9.17) is 34.8 Å². The monoisotopic (exact) mass is 638 g/mol. The molecular weight excluding hydrogens is 602 g/mol. The lowest BCUT2D eigenvalue weighted by atomic mass is 9.75. The molecule has 0 spiro atoms. The highest BCUT2D eigenvalue weighted by atomic mass is 35.5. The molecule has 5 rings (SSSR count). The Morgan fingerprint density at radius 1 is 0.976 bits per heavy atom. The number of sulfonamides is 1. The molecule has 0 aromatic heterocycles. The summed E-state index contributed by atoms with van der Waals surface area (Å²) in [5, 5.41) is 4.22. The molecule has 1 fully saturated rings. The molecule has 2 atom stereocenters. The van der Waals surface area contributed by atoms with Gasteiger partial charge in [0.2, 0.25) is 10.0 Å². The third-order valence-electron chi connectivity index (χ3n) is 8.11. The summed E-state index contributed by atoms with van der Waals surface area (Å²) < 4.78 is 38.8. The van der Waals surface area contributed by atoms with E-state index in [2.05, 4.69) is 40.4 Å². The lowest BCUT2D eigenvalue weighted by molar-refractivity contribution is 0.301. The van der Waals surface area contributed by atoms with Gasteiger partial charge in [0.1, 0.15) is 10.7 Å². The average Bonchev–Trinajstić information content (AvgIpc) is 3.21. The number of aryl methyl sites for hydroxylation is 1. The van der Waals surface area contributed by atoms with Crippen LogP contribution in [0.1, 0.15) is 68.4 Å². The Balaban J connectivity index is 0.000000234. The van der Waals surface area contributed by atoms with Gasteiger partial charge in [0.25, 0.3) is 0 Å². The van der Waals surface area contributed by atoms with Crippen molar-refractivity contribution in [2.24, 2.45) is 5.92 Å². The summed E-state index contributed by atoms with van der Waals surface area (Å²) in [7, 11) is -2.37. The van der Waals surface area contributed by atoms with E-state index in [9.17, 15) is 12.8 Å². The highest BCUT2D eigenvalue weighted by Crippen LogP contribution is 2.38. The smallest absolute Gasteiger partial charge is 0.243 e. The van der Waals surface area contributed by atoms with Gasteiger partial charge in [0.15, 0.2) is 0 Å². The molecular formula is C32H38Cl3FN2O2S. The normalized spacial score (nSPS) is 21.0. The Kier molecular flexibility index (Phi) is 11.9. The first-order chi connectivity index (χ1) is 19.7. The van der Waals surface area contributed by atoms with Crippen LogP contribution in [0.4, 0.5) is 4.39 Å². The standard InChI is InChI=1S/C25H32FN.C7H6Cl3NO2S/c26-22-13-14-23-21(17-22)12-15-25(27-18-20-10-6-3-7-11-20)24(23)16-19-8-4-1-2-5-9-19;1-11-14(12,13)7-5(9)2-4(8)3-6(7)10/h1,4-5,8-9,13-14,17,20,24-25,27H,2-3,6-7,10-12,15-16,18H2;2-3,11H,1H3. The van der Waals surface area contributed by atoms with E-state index in [1.165, 1.54) is 68.0 Å². The molecule has 0 amide bonds. The van der Waals surface area contributed by atoms with Crippen molar-refractivity contribution in [2.75, 3.05) is 13.6 Å². The zero-order valence-electron chi connectivity index (χ0n) is 23.3. The van der Waals surface area contributed by atoms with Gasteiger partial charge in [-0.3, -0.25) is 0 Å². The summed E-state index contributed by atoms with van der Waals surface area (Å²) in [4.78, 5) is -0.160. The third kappa shape index (κ3) is 8.92. The molecule has 0 radical (unpaired) electrons. The van der Waals surface area contributed by atoms with Crippen molar-refractivity contribution >= 4 is 44.8 Å². The number of fused-ring (bicyclic) bond motifs is 1. The summed E-state index contributed by atoms with van der Waals surface area (Å²) in [6.45, 7) is 1.15. The van der Waals surface area contributed by atoms with E-state index < -0.39 is 10.0 Å². The van der Waals surface area contributed by atoms with Crippen molar-refractivity contribution in [3.8, 4) is 0 Å². The summed E-state index contributed by atoms with van der Waals surface area (Å²) >= 11 is 17.1. The number of rotatable bonds is 7. The molecule has 222 valence electrons. The maximum atomic E-state index is 13.8. The first-order valence-corrected chi connectivity index (χ1v) is 16.9. The first kappa shape index (κ1) is 32.2. The minimum atomic E-state index is -3.65. The van der Waals surface area contributed by atoms with Gasteiger partial charge in [-0.05, 0) is 99.0 Å². The largest absolute Gasteiger partial charge is 0.313 e. The summed E-state index contributed by atoms with van der Waals surface area (Å²) in [5.41, 5.74) is 3.95. The second-order valence-corrected chi connectivity index (χ2v) is 14.0. The Bertz CT molecular complexity index is 1380. The van der Waals surface area contributed by atoms with Gasteiger partial charge in [-0.25, -0.2) is 17.5 Å². The molecule has 3 aliphatic carbocycles. The third-order valence-corrected chi connectivity index (χ3v) is 10.7. The number of allylic oxidation sites excluding steroid dienone is 6. The topological polar surface area (TPSA) is 58.2 Å². The van der Waals surface area contributed by atoms with Crippen molar-refractivity contribution in [1.82, 2.24) is 10.0 Å². The summed E-state index contributed by atoms with van der Waals surface area (Å²) in [5.74, 6) is 1.17. The van der Waals surface area contributed by atoms with Crippen molar-refractivity contribution in [3.63, 3.8) is 0 Å². The predicted molar refractivity (Wildman–Crippen MR) is 169 cm³/mol. The van der Waals surface area contributed by atoms with Crippen LogP contribution in [0.25, 0.3) is 0 Å². The minimum absolute atomic E-state index is 0.00292. The molecule has 2 aromatic rings. The molecule has 2 aromatic carbocycles. The number of hydrogen-bond acceptors (Lipinski definition) is 3. The fourth-order valence-corrected chi connectivity index (χ4v) is 8.25. The average molecular weight is 640 g/mol. The van der Waals surface area contributed by atoms with E-state index in [0.717, 1.165) is 38.1 Å². The zero-order valence-corrected chi connectivity index (χ0v) is 26.4. The van der Waals surface area contributed by atoms with Gasteiger partial charge in [-0.1, -0.05) is 90.5 Å². The Morgan fingerprint density at radius 3 is 2.41 bits per heavy atom. The van der Waals surface area contributed by atoms with Crippen LogP contribution in [0.3, 0.4) is 0 Å². The van der Waals surface area contributed by atoms with Gasteiger partial charge >= 0.3 is 0 Å². The van der Waals surface area contributed by atoms with E-state index in [1.54, 1.807) is 12.1 Å². The van der Waals surface area contributed by atoms with E-state index in [-0.39, 0.29) is 25.8 Å². The highest BCUT2D eigenvalue weighted by molar-refractivity contribution is 7.89. The fraction of sp³-hybridized carbons (Fsp3) is 0.438. The number of halogens is 4. The zero-order chi connectivity index (χ0) is 29.4. The van der Waals surface area contributed by atoms with Crippen LogP contribution in [-0.4, -0.2) is 28.1 Å². The van der Waals surface area contributed by atoms with Crippen LogP contribution in [0.2, 0.25) is 15.1 Å². The molecule has 0 saturated heterocycles. The molecule has 9 heteroatoms. The maximum Gasteiger partial charge on any atom is 0.243 e. The highest BCUT2D eigenvalue weighted by Gasteiger charge is 2.30. The lowest BCUT2D eigenvalue weighted by Gasteiger charge is -2.36. The molecule has 2 N–H and O–H groups in total. The Labute approximate surface area is 259 Å². The van der Waals surface area contributed by atoms with Crippen LogP contribution in [0, 0.1) is 11.7 Å². The van der Waals surface area contributed by atoms with Crippen molar-refractivity contribution in [1.29, 1.82) is 0 Å². The molecule has 4 nitrogen and oxygen atoms in total. The van der Waals surface area contributed by atoms with Crippen LogP contribution in [-0.2, 0) is 16.4 Å². The van der Waals surface area contributed by atoms with E-state index >= 15 is 0 Å². The summed E-state index contributed by atoms with van der Waals surface area (Å²) in [6.07, 6.45) is 22.2. The molecule has 1 saturated carbocycles. The van der Waals surface area contributed by atoms with Crippen LogP contribution < -0.4 is 10.0 Å². The second kappa shape index (κ2) is 15.2. The number of benzene rings is 2. The van der Waals surface area contributed by atoms with Gasteiger partial charge in [0, 0.05) is 17.0 Å². The van der Waals surface area contributed by atoms with Gasteiger partial charge < -0.3 is 5.32 Å². The SMILES string of the molecule is CNS(=O)(=O)c1c(Cl)cc(Cl)cc1Cl.Fc1ccc2c(c1)CCC(NCC1CCCCC1)C2CC1=CC=CCC=C1. The molecule has 2 unspecified atom stereocenters. The predicted octanol–water partition coefficient (Wildman–Crippen LogP) is 8.78. The maximum absolute atomic E-state index is 13.8. The second-order valence-electron chi connectivity index (χ2n) is 10.9. The molecule has 0 bridgehead atoms. The van der Waals surface area contributed by atoms with Gasteiger partial charge in [-0.15, -0.1) is 0 Å². The van der Waals surface area contributed by atoms with E-state index in [1.807, 2.05) is 6.07 Å². The van der Waals surface area contributed by atoms with Crippen LogP contribution in [0.5, 0.6) is 0 Å².